The number of hydrogen-bond acceptors (Lipinski definition) is 6. The van der Waals surface area contributed by atoms with Crippen LogP contribution < -0.4 is 0 Å². The molecule has 4 N–H and O–H groups in total. The van der Waals surface area contributed by atoms with Crippen LogP contribution in [0.5, 0.6) is 0 Å². The van der Waals surface area contributed by atoms with E-state index in [0.29, 0.717) is 111 Å². The molecule has 12 aliphatic carbocycles. The van der Waals surface area contributed by atoms with Gasteiger partial charge in [0.15, 0.2) is 0 Å². The highest BCUT2D eigenvalue weighted by atomic mass is 32.1. The molecule has 12 aliphatic rings. The van der Waals surface area contributed by atoms with Crippen molar-refractivity contribution in [3.63, 3.8) is 0 Å². The number of carbonyl (C=O) groups excluding carboxylic acids is 2. The summed E-state index contributed by atoms with van der Waals surface area (Å²) in [4.78, 5) is 26.0. The van der Waals surface area contributed by atoms with Crippen LogP contribution in [0.1, 0.15) is 279 Å². The zero-order chi connectivity index (χ0) is 65.5. The molecule has 12 rings (SSSR count). The maximum Gasteiger partial charge on any atom is 0.136 e. The van der Waals surface area contributed by atoms with Gasteiger partial charge in [0.25, 0.3) is 0 Å². The van der Waals surface area contributed by atoms with Crippen molar-refractivity contribution in [1.29, 1.82) is 0 Å². The third-order valence-electron chi connectivity index (χ3n) is 31.3. The highest BCUT2D eigenvalue weighted by Crippen LogP contribution is 2.70. The first-order valence-corrected chi connectivity index (χ1v) is 38.2. The number of hydrogen-bond donors (Lipinski definition) is 4. The van der Waals surface area contributed by atoms with Gasteiger partial charge < -0.3 is 20.4 Å². The number of allylic oxidation sites excluding steroid dienone is 9. The summed E-state index contributed by atoms with van der Waals surface area (Å²) in [7, 11) is 0. The molecular formula is C84H136O6S. The molecule has 6 nitrogen and oxygen atoms in total. The molecule has 9 unspecified atom stereocenters. The molecule has 9 fully saturated rings. The Kier molecular flexibility index (Phi) is 22.6. The zero-order valence-electron chi connectivity index (χ0n) is 61.2. The molecule has 514 valence electrons. The van der Waals surface area contributed by atoms with Crippen molar-refractivity contribution in [2.75, 3.05) is 0 Å². The fourth-order valence-electron chi connectivity index (χ4n) is 23.9. The molecule has 7 heteroatoms. The lowest BCUT2D eigenvalue weighted by molar-refractivity contribution is -0.127. The van der Waals surface area contributed by atoms with Crippen molar-refractivity contribution >= 4 is 25.1 Å². The molecule has 0 aromatic heterocycles. The Bertz CT molecular complexity index is 2790. The monoisotopic (exact) mass is 1270 g/mol. The molecule has 0 saturated heterocycles. The highest BCUT2D eigenvalue weighted by molar-refractivity contribution is 7.59. The van der Waals surface area contributed by atoms with Crippen molar-refractivity contribution in [3.05, 3.63) is 69.9 Å². The van der Waals surface area contributed by atoms with Crippen molar-refractivity contribution < 1.29 is 30.0 Å². The Morgan fingerprint density at radius 2 is 0.780 bits per heavy atom. The van der Waals surface area contributed by atoms with E-state index in [-0.39, 0.29) is 71.4 Å². The van der Waals surface area contributed by atoms with E-state index in [1.54, 1.807) is 16.7 Å². The summed E-state index contributed by atoms with van der Waals surface area (Å²) in [6.07, 6.45) is 40.6. The second-order valence-corrected chi connectivity index (χ2v) is 36.8. The minimum Gasteiger partial charge on any atom is -0.393 e. The molecular weight excluding hydrogens is 1140 g/mol. The molecule has 0 amide bonds. The fraction of sp³-hybridized carbons (Fsp3) is 0.833. The number of aliphatic hydroxyl groups is 4. The van der Waals surface area contributed by atoms with E-state index in [4.69, 9.17) is 0 Å². The maximum absolute atomic E-state index is 13.2. The normalized spacial score (nSPS) is 42.5. The van der Waals surface area contributed by atoms with Gasteiger partial charge in [0, 0.05) is 24.7 Å². The molecule has 0 spiro atoms. The number of ketones is 2. The van der Waals surface area contributed by atoms with E-state index in [9.17, 15) is 30.0 Å². The Labute approximate surface area is 564 Å². The topological polar surface area (TPSA) is 115 Å². The van der Waals surface area contributed by atoms with Crippen LogP contribution >= 0.6 is 13.5 Å². The number of fused-ring (bicyclic) bond motifs is 15. The summed E-state index contributed by atoms with van der Waals surface area (Å²) in [5.41, 5.74) is 11.4. The van der Waals surface area contributed by atoms with Crippen molar-refractivity contribution in [3.8, 4) is 0 Å². The van der Waals surface area contributed by atoms with Crippen LogP contribution in [0.3, 0.4) is 0 Å². The van der Waals surface area contributed by atoms with Gasteiger partial charge in [-0.2, -0.15) is 13.5 Å². The summed E-state index contributed by atoms with van der Waals surface area (Å²) >= 11 is 0. The third kappa shape index (κ3) is 13.4. The van der Waals surface area contributed by atoms with Crippen molar-refractivity contribution in [2.45, 2.75) is 303 Å². The summed E-state index contributed by atoms with van der Waals surface area (Å²) in [6.45, 7) is 41.9. The molecule has 0 bridgehead atoms. The third-order valence-corrected chi connectivity index (χ3v) is 31.3. The average molecular weight is 1270 g/mol. The first-order valence-electron chi connectivity index (χ1n) is 38.2. The van der Waals surface area contributed by atoms with Gasteiger partial charge in [-0.15, -0.1) is 0 Å². The number of Topliss-reactive ketones (excluding diaryl/α,β-unsaturated/α-hetero) is 2. The molecule has 0 heterocycles. The van der Waals surface area contributed by atoms with Crippen molar-refractivity contribution in [2.24, 2.45) is 139 Å². The Hall–Kier alpha value is -2.03. The summed E-state index contributed by atoms with van der Waals surface area (Å²) < 4.78 is 0. The van der Waals surface area contributed by atoms with E-state index in [0.717, 1.165) is 83.0 Å². The quantitative estimate of drug-likeness (QED) is 0.130. The Balaban J connectivity index is 0.000000161. The summed E-state index contributed by atoms with van der Waals surface area (Å²) in [5.74, 6) is 10.8. The van der Waals surface area contributed by atoms with E-state index in [2.05, 4.69) is 161 Å². The van der Waals surface area contributed by atoms with Gasteiger partial charge >= 0.3 is 0 Å². The summed E-state index contributed by atoms with van der Waals surface area (Å²) in [6, 6.07) is 0. The lowest BCUT2D eigenvalue weighted by Gasteiger charge is -2.55. The maximum atomic E-state index is 13.2. The number of rotatable bonds is 15. The smallest absolute Gasteiger partial charge is 0.136 e. The number of carbonyl (C=O) groups is 2. The second-order valence-electron chi connectivity index (χ2n) is 36.8. The molecule has 0 aliphatic heterocycles. The molecule has 0 aromatic rings. The summed E-state index contributed by atoms with van der Waals surface area (Å²) in [5, 5.41) is 41.4. The second kappa shape index (κ2) is 28.1. The average Bonchev–Trinajstić information content (AvgIpc) is 1.70. The molecule has 9 saturated carbocycles. The standard InChI is InChI=1S/C28H46O2.2C28H44O2.H2S/c2*1-17(2)19(4)26(30)15-18(3)23-9-10-24-22-8-7-20-16-21(29)11-13-27(20,5)25(22)12-14-28(23,24)6;1-17(2)18(3)15-26(30)19(4)23-9-10-24-22-8-7-20-16-21(29)11-13-27(20,5)25(22)12-14-28(23,24)6;/h7-8,17-19,21,23-26,29-30H,9-16H2,1-6H3;2*7-8,17-19,21,23-25,29H,9-16H2,1-6H3;1H2/t18-,19-,21+,23?,24?,25?,26+,27+,28-;18-,19-,21+,23?,24?,25?,27+,28-;18-,19-,21-,23?,24?,25?,27-,28+;/m110./s1. The van der Waals surface area contributed by atoms with Gasteiger partial charge in [0.1, 0.15) is 11.6 Å². The first-order chi connectivity index (χ1) is 42.2. The predicted octanol–water partition coefficient (Wildman–Crippen LogP) is 20.1. The number of aliphatic hydroxyl groups excluding tert-OH is 4. The zero-order valence-corrected chi connectivity index (χ0v) is 62.2. The molecule has 91 heavy (non-hydrogen) atoms. The van der Waals surface area contributed by atoms with Gasteiger partial charge in [-0.25, -0.2) is 0 Å². The van der Waals surface area contributed by atoms with Gasteiger partial charge in [0.2, 0.25) is 0 Å². The van der Waals surface area contributed by atoms with Crippen LogP contribution in [-0.2, 0) is 9.59 Å². The fourth-order valence-corrected chi connectivity index (χ4v) is 23.9. The largest absolute Gasteiger partial charge is 0.393 e. The van der Waals surface area contributed by atoms with Crippen molar-refractivity contribution in [1.82, 2.24) is 0 Å². The SMILES string of the molecule is CC(C)[C@@H](C)C(=O)C[C@@H](C)C1CCC2C3=CC=C4C[C@@H](O)CC[C@]4(C)C3CC[C@@]21C.CC(C)[C@@H](C)CC(=O)[C@@H](C)C1CCC2C3=CC=C4C[C@@H](O)CC[C@]4(C)C3CC[C@@]21C.CC(C)[C@@H](C)[C@@H](O)C[C@@H](C)C1CCC2C3=CC=C4C[C@@H](O)CC[C@]4(C)C3CC[C@@]21C.S. The first kappa shape index (κ1) is 73.2. The highest BCUT2D eigenvalue weighted by Gasteiger charge is 2.61. The van der Waals surface area contributed by atoms with Gasteiger partial charge in [-0.1, -0.05) is 195 Å². The Morgan fingerprint density at radius 3 is 1.14 bits per heavy atom. The van der Waals surface area contributed by atoms with Gasteiger partial charge in [-0.3, -0.25) is 9.59 Å². The van der Waals surface area contributed by atoms with Crippen LogP contribution in [0.4, 0.5) is 0 Å². The molecule has 25 atom stereocenters. The van der Waals surface area contributed by atoms with E-state index in [1.165, 1.54) is 93.8 Å². The predicted molar refractivity (Wildman–Crippen MR) is 383 cm³/mol. The van der Waals surface area contributed by atoms with Crippen LogP contribution in [0.25, 0.3) is 0 Å². The minimum absolute atomic E-state index is 0. The van der Waals surface area contributed by atoms with Crippen LogP contribution in [0, 0.1) is 139 Å². The van der Waals surface area contributed by atoms with Crippen LogP contribution in [0.2, 0.25) is 0 Å². The molecule has 0 aromatic carbocycles. The van der Waals surface area contributed by atoms with Gasteiger partial charge in [-0.05, 0) is 268 Å². The minimum atomic E-state index is -0.175. The van der Waals surface area contributed by atoms with Gasteiger partial charge in [0.05, 0.1) is 24.4 Å². The van der Waals surface area contributed by atoms with Crippen LogP contribution in [0.15, 0.2) is 69.9 Å². The van der Waals surface area contributed by atoms with E-state index >= 15 is 0 Å². The van der Waals surface area contributed by atoms with E-state index in [1.807, 2.05) is 0 Å². The lowest BCUT2D eigenvalue weighted by Crippen LogP contribution is -2.47. The van der Waals surface area contributed by atoms with E-state index < -0.39 is 0 Å². The Morgan fingerprint density at radius 1 is 0.418 bits per heavy atom. The lowest BCUT2D eigenvalue weighted by atomic mass is 9.50. The van der Waals surface area contributed by atoms with Crippen LogP contribution in [-0.4, -0.2) is 56.4 Å². The molecule has 0 radical (unpaired) electrons.